The molecule has 2 atom stereocenters. The summed E-state index contributed by atoms with van der Waals surface area (Å²) in [4.78, 5) is 22.5. The quantitative estimate of drug-likeness (QED) is 0.0272. The van der Waals surface area contributed by atoms with E-state index in [0.717, 1.165) is 89.9 Å². The van der Waals surface area contributed by atoms with Gasteiger partial charge < -0.3 is 20.1 Å². The molecule has 8 nitrogen and oxygen atoms in total. The van der Waals surface area contributed by atoms with Gasteiger partial charge in [-0.25, -0.2) is 4.57 Å². The summed E-state index contributed by atoms with van der Waals surface area (Å²) >= 11 is 0. The van der Waals surface area contributed by atoms with E-state index in [4.69, 9.17) is 24.3 Å². The van der Waals surface area contributed by atoms with Crippen LogP contribution in [-0.4, -0.2) is 49.9 Å². The lowest BCUT2D eigenvalue weighted by Gasteiger charge is -2.20. The van der Waals surface area contributed by atoms with Gasteiger partial charge in [-0.3, -0.25) is 13.8 Å². The molecule has 0 saturated carbocycles. The molecule has 0 fully saturated rings. The van der Waals surface area contributed by atoms with Gasteiger partial charge >= 0.3 is 13.8 Å². The van der Waals surface area contributed by atoms with E-state index in [1.165, 1.54) is 44.9 Å². The number of carbonyl (C=O) groups excluding carboxylic acids is 1. The van der Waals surface area contributed by atoms with Gasteiger partial charge in [-0.15, -0.1) is 0 Å². The van der Waals surface area contributed by atoms with E-state index in [0.29, 0.717) is 6.61 Å². The zero-order chi connectivity index (χ0) is 40.9. The molecular formula is C47H80NO7P. The molecule has 2 unspecified atom stereocenters. The minimum absolute atomic E-state index is 0.0668. The van der Waals surface area contributed by atoms with Crippen LogP contribution in [0.5, 0.6) is 0 Å². The number of phosphoric ester groups is 1. The Hall–Kier alpha value is -2.58. The van der Waals surface area contributed by atoms with Gasteiger partial charge in [-0.2, -0.15) is 0 Å². The van der Waals surface area contributed by atoms with Crippen LogP contribution in [0.1, 0.15) is 155 Å². The van der Waals surface area contributed by atoms with Crippen molar-refractivity contribution in [3.63, 3.8) is 0 Å². The molecule has 0 aliphatic carbocycles. The monoisotopic (exact) mass is 802 g/mol. The van der Waals surface area contributed by atoms with E-state index in [-0.39, 0.29) is 38.8 Å². The number of unbranched alkanes of at least 4 members (excludes halogenated alkanes) is 11. The van der Waals surface area contributed by atoms with Gasteiger partial charge in [0.25, 0.3) is 0 Å². The van der Waals surface area contributed by atoms with Gasteiger partial charge in [0.15, 0.2) is 0 Å². The molecule has 0 aliphatic rings. The van der Waals surface area contributed by atoms with Crippen molar-refractivity contribution in [3.05, 3.63) is 97.2 Å². The van der Waals surface area contributed by atoms with Gasteiger partial charge in [0.1, 0.15) is 6.10 Å². The third-order valence-electron chi connectivity index (χ3n) is 8.49. The second-order valence-corrected chi connectivity index (χ2v) is 15.3. The smallest absolute Gasteiger partial charge is 0.457 e. The van der Waals surface area contributed by atoms with Crippen LogP contribution in [0.4, 0.5) is 0 Å². The van der Waals surface area contributed by atoms with Crippen LogP contribution in [0.3, 0.4) is 0 Å². The van der Waals surface area contributed by atoms with Crippen molar-refractivity contribution in [1.82, 2.24) is 0 Å². The number of phosphoric acid groups is 1. The zero-order valence-corrected chi connectivity index (χ0v) is 36.2. The maximum absolute atomic E-state index is 12.6. The molecule has 0 aliphatic heterocycles. The van der Waals surface area contributed by atoms with Gasteiger partial charge in [0, 0.05) is 19.6 Å². The number of ether oxygens (including phenoxy) is 2. The Bertz CT molecular complexity index is 1170. The number of allylic oxidation sites excluding steroid dienone is 16. The first-order chi connectivity index (χ1) is 27.4. The lowest BCUT2D eigenvalue weighted by Crippen LogP contribution is -2.28. The molecule has 320 valence electrons. The first-order valence-corrected chi connectivity index (χ1v) is 23.2. The molecule has 0 spiro atoms. The SMILES string of the molecule is CC/C=C\C/C=C\C/C=C\C/C=C\C/C=C\C/C=C\CCCOCC(COP(=O)(O)OCCN)OC(=O)CCCCCCCCC/C=C\C/C=C\CCCCC. The first-order valence-electron chi connectivity index (χ1n) is 21.7. The minimum Gasteiger partial charge on any atom is -0.457 e. The normalized spacial score (nSPS) is 14.4. The highest BCUT2D eigenvalue weighted by atomic mass is 31.2. The van der Waals surface area contributed by atoms with Gasteiger partial charge in [-0.1, -0.05) is 156 Å². The van der Waals surface area contributed by atoms with Crippen molar-refractivity contribution in [2.24, 2.45) is 5.73 Å². The number of hydrogen-bond donors (Lipinski definition) is 2. The fourth-order valence-electron chi connectivity index (χ4n) is 5.34. The van der Waals surface area contributed by atoms with Crippen LogP contribution in [0.25, 0.3) is 0 Å². The van der Waals surface area contributed by atoms with Crippen molar-refractivity contribution in [3.8, 4) is 0 Å². The lowest BCUT2D eigenvalue weighted by molar-refractivity contribution is -0.154. The summed E-state index contributed by atoms with van der Waals surface area (Å²) in [6.07, 6.45) is 57.2. The summed E-state index contributed by atoms with van der Waals surface area (Å²) in [6.45, 7) is 4.58. The molecule has 0 aromatic carbocycles. The van der Waals surface area contributed by atoms with Crippen molar-refractivity contribution in [2.45, 2.75) is 161 Å². The molecule has 9 heteroatoms. The number of hydrogen-bond acceptors (Lipinski definition) is 7. The molecule has 0 amide bonds. The Morgan fingerprint density at radius 3 is 1.50 bits per heavy atom. The van der Waals surface area contributed by atoms with Crippen LogP contribution in [0.2, 0.25) is 0 Å². The zero-order valence-electron chi connectivity index (χ0n) is 35.3. The van der Waals surface area contributed by atoms with Crippen LogP contribution in [0.15, 0.2) is 97.2 Å². The van der Waals surface area contributed by atoms with Crippen molar-refractivity contribution in [1.29, 1.82) is 0 Å². The highest BCUT2D eigenvalue weighted by Gasteiger charge is 2.25. The predicted molar refractivity (Wildman–Crippen MR) is 238 cm³/mol. The van der Waals surface area contributed by atoms with Crippen molar-refractivity contribution >= 4 is 13.8 Å². The molecular weight excluding hydrogens is 721 g/mol. The van der Waals surface area contributed by atoms with Crippen molar-refractivity contribution < 1.29 is 32.8 Å². The Morgan fingerprint density at radius 1 is 0.554 bits per heavy atom. The molecule has 0 aromatic heterocycles. The summed E-state index contributed by atoms with van der Waals surface area (Å²) in [5.41, 5.74) is 5.36. The van der Waals surface area contributed by atoms with E-state index >= 15 is 0 Å². The second kappa shape index (κ2) is 43.5. The fourth-order valence-corrected chi connectivity index (χ4v) is 6.10. The van der Waals surface area contributed by atoms with E-state index in [1.54, 1.807) is 0 Å². The van der Waals surface area contributed by atoms with E-state index in [1.807, 2.05) is 0 Å². The predicted octanol–water partition coefficient (Wildman–Crippen LogP) is 13.1. The fraction of sp³-hybridized carbons (Fsp3) is 0.638. The minimum atomic E-state index is -4.30. The van der Waals surface area contributed by atoms with Gasteiger partial charge in [0.2, 0.25) is 0 Å². The molecule has 0 saturated heterocycles. The summed E-state index contributed by atoms with van der Waals surface area (Å²) in [5.74, 6) is -0.363. The largest absolute Gasteiger partial charge is 0.472 e. The van der Waals surface area contributed by atoms with Crippen LogP contribution < -0.4 is 5.73 Å². The first kappa shape index (κ1) is 53.4. The number of rotatable bonds is 40. The standard InChI is InChI=1S/C47H80NO7P/c1-3-5-7-9-11-13-15-17-19-21-22-23-25-27-29-31-33-35-37-39-42-52-44-46(45-54-56(50,51)53-43-41-48)55-47(49)40-38-36-34-32-30-28-26-24-20-18-16-14-12-10-8-6-4-2/h5,7,11-14,17-20,22-23,27,29,33,35,46H,3-4,6,8-10,15-16,21,24-26,28,30-32,34,36-45,48H2,1-2H3,(H,50,51)/b7-5-,13-11-,14-12-,19-17-,20-18-,23-22-,29-27-,35-33-. The van der Waals surface area contributed by atoms with Crippen LogP contribution >= 0.6 is 7.82 Å². The van der Waals surface area contributed by atoms with E-state index in [2.05, 4.69) is 111 Å². The Labute approximate surface area is 342 Å². The molecule has 0 aromatic rings. The topological polar surface area (TPSA) is 117 Å². The summed E-state index contributed by atoms with van der Waals surface area (Å²) < 4.78 is 33.3. The highest BCUT2D eigenvalue weighted by Crippen LogP contribution is 2.43. The number of nitrogens with two attached hydrogens (primary N) is 1. The summed E-state index contributed by atoms with van der Waals surface area (Å²) in [6, 6.07) is 0. The summed E-state index contributed by atoms with van der Waals surface area (Å²) in [7, 11) is -4.30. The lowest BCUT2D eigenvalue weighted by atomic mass is 10.1. The molecule has 0 radical (unpaired) electrons. The van der Waals surface area contributed by atoms with Gasteiger partial charge in [-0.05, 0) is 89.9 Å². The average Bonchev–Trinajstić information content (AvgIpc) is 3.19. The maximum atomic E-state index is 12.6. The molecule has 0 heterocycles. The molecule has 0 rings (SSSR count). The Kier molecular flexibility index (Phi) is 41.5. The van der Waals surface area contributed by atoms with Gasteiger partial charge in [0.05, 0.1) is 19.8 Å². The Morgan fingerprint density at radius 2 is 1.00 bits per heavy atom. The highest BCUT2D eigenvalue weighted by molar-refractivity contribution is 7.47. The van der Waals surface area contributed by atoms with E-state index < -0.39 is 13.9 Å². The maximum Gasteiger partial charge on any atom is 0.472 e. The number of carbonyl (C=O) groups is 1. The number of esters is 1. The third kappa shape index (κ3) is 42.6. The van der Waals surface area contributed by atoms with Crippen molar-refractivity contribution in [2.75, 3.05) is 33.0 Å². The average molecular weight is 802 g/mol. The molecule has 3 N–H and O–H groups in total. The second-order valence-electron chi connectivity index (χ2n) is 13.8. The molecule has 56 heavy (non-hydrogen) atoms. The summed E-state index contributed by atoms with van der Waals surface area (Å²) in [5, 5.41) is 0. The van der Waals surface area contributed by atoms with E-state index in [9.17, 15) is 14.3 Å². The molecule has 0 bridgehead atoms. The third-order valence-corrected chi connectivity index (χ3v) is 9.47. The Balaban J connectivity index is 4.19. The van der Waals surface area contributed by atoms with Crippen LogP contribution in [0, 0.1) is 0 Å². The van der Waals surface area contributed by atoms with Crippen LogP contribution in [-0.2, 0) is 27.9 Å².